The number of hydrogen-bond donors (Lipinski definition) is 2. The van der Waals surface area contributed by atoms with Crippen LogP contribution in [0.15, 0.2) is 30.3 Å². The predicted molar refractivity (Wildman–Crippen MR) is 96.5 cm³/mol. The van der Waals surface area contributed by atoms with E-state index in [1.54, 1.807) is 6.07 Å². The van der Waals surface area contributed by atoms with Crippen molar-refractivity contribution in [3.63, 3.8) is 0 Å². The Balaban J connectivity index is 3.58. The summed E-state index contributed by atoms with van der Waals surface area (Å²) in [4.78, 5) is 36.9. The lowest BCUT2D eigenvalue weighted by Gasteiger charge is -2.40. The van der Waals surface area contributed by atoms with E-state index in [2.05, 4.69) is 0 Å². The van der Waals surface area contributed by atoms with E-state index in [0.29, 0.717) is 4.90 Å². The number of nitrogens with one attached hydrogen (secondary N) is 1. The second-order valence-corrected chi connectivity index (χ2v) is 7.05. The molecule has 1 rings (SSSR count). The summed E-state index contributed by atoms with van der Waals surface area (Å²) in [6.07, 6.45) is -2.17. The first-order valence-electron chi connectivity index (χ1n) is 8.33. The minimum Gasteiger partial charge on any atom is -0.478 e. The van der Waals surface area contributed by atoms with E-state index >= 15 is 0 Å². The van der Waals surface area contributed by atoms with Crippen molar-refractivity contribution >= 4 is 18.0 Å². The van der Waals surface area contributed by atoms with E-state index < -0.39 is 48.4 Å². The summed E-state index contributed by atoms with van der Waals surface area (Å²) < 4.78 is 43.9. The van der Waals surface area contributed by atoms with Crippen molar-refractivity contribution in [2.24, 2.45) is 0 Å². The molecule has 1 aromatic rings. The van der Waals surface area contributed by atoms with Gasteiger partial charge in [0.15, 0.2) is 0 Å². The molecular weight excluding hydrogens is 393 g/mol. The van der Waals surface area contributed by atoms with Crippen LogP contribution in [-0.2, 0) is 20.7 Å². The maximum atomic E-state index is 12.9. The van der Waals surface area contributed by atoms with Crippen LogP contribution >= 0.6 is 0 Å². The Bertz CT molecular complexity index is 797. The minimum absolute atomic E-state index is 0.239. The van der Waals surface area contributed by atoms with Crippen molar-refractivity contribution in [1.29, 1.82) is 0 Å². The fourth-order valence-electron chi connectivity index (χ4n) is 2.37. The summed E-state index contributed by atoms with van der Waals surface area (Å²) >= 11 is 0. The van der Waals surface area contributed by atoms with Crippen LogP contribution in [0.1, 0.15) is 26.3 Å². The van der Waals surface area contributed by atoms with Gasteiger partial charge >= 0.3 is 24.1 Å². The van der Waals surface area contributed by atoms with Crippen LogP contribution < -0.4 is 5.32 Å². The van der Waals surface area contributed by atoms with E-state index in [4.69, 9.17) is 11.2 Å². The van der Waals surface area contributed by atoms with Crippen LogP contribution in [0.2, 0.25) is 0 Å². The molecule has 0 aliphatic rings. The van der Waals surface area contributed by atoms with Crippen molar-refractivity contribution in [3.05, 3.63) is 35.9 Å². The molecule has 0 bridgehead atoms. The summed E-state index contributed by atoms with van der Waals surface area (Å²) in [6, 6.07) is 7.51. The lowest BCUT2D eigenvalue weighted by molar-refractivity contribution is -0.181. The van der Waals surface area contributed by atoms with E-state index in [9.17, 15) is 32.7 Å². The number of aliphatic carboxylic acids is 1. The zero-order valence-corrected chi connectivity index (χ0v) is 16.0. The van der Waals surface area contributed by atoms with E-state index in [0.717, 1.165) is 0 Å². The smallest absolute Gasteiger partial charge is 0.471 e. The summed E-state index contributed by atoms with van der Waals surface area (Å²) in [5, 5.41) is 11.3. The average molecular weight is 414 g/mol. The standard InChI is InChI=1S/C19H21F3N2O5/c1-5-11-24(16(28)29-17(2,3)4)18(15(26)27,23-14(25)19(20,21)22)12-13-9-7-6-8-10-13/h1,6-10H,11-12H2,2-4H3,(H,23,25)(H,26,27)/t18-/m0/s1. The number of hydrogen-bond acceptors (Lipinski definition) is 4. The number of rotatable bonds is 6. The monoisotopic (exact) mass is 414 g/mol. The molecule has 0 aromatic heterocycles. The highest BCUT2D eigenvalue weighted by atomic mass is 19.4. The van der Waals surface area contributed by atoms with Crippen molar-refractivity contribution in [1.82, 2.24) is 10.2 Å². The number of nitrogens with zero attached hydrogens (tertiary/aromatic N) is 1. The van der Waals surface area contributed by atoms with Gasteiger partial charge in [0, 0.05) is 6.42 Å². The quantitative estimate of drug-likeness (QED) is 0.551. The first-order chi connectivity index (χ1) is 13.2. The van der Waals surface area contributed by atoms with Crippen molar-refractivity contribution in [2.45, 2.75) is 44.6 Å². The summed E-state index contributed by atoms with van der Waals surface area (Å²) in [6.45, 7) is 3.71. The molecule has 0 saturated heterocycles. The fraction of sp³-hybridized carbons (Fsp3) is 0.421. The van der Waals surface area contributed by atoms with Gasteiger partial charge in [-0.2, -0.15) is 13.2 Å². The van der Waals surface area contributed by atoms with Crippen molar-refractivity contribution in [3.8, 4) is 12.3 Å². The number of benzene rings is 1. The van der Waals surface area contributed by atoms with Gasteiger partial charge in [0.05, 0.1) is 6.54 Å². The van der Waals surface area contributed by atoms with Gasteiger partial charge in [-0.25, -0.2) is 9.59 Å². The summed E-state index contributed by atoms with van der Waals surface area (Å²) in [5.74, 6) is -2.44. The number of alkyl halides is 3. The number of carboxylic acids is 1. The summed E-state index contributed by atoms with van der Waals surface area (Å²) in [5.41, 5.74) is -3.71. The van der Waals surface area contributed by atoms with Crippen LogP contribution in [0.5, 0.6) is 0 Å². The summed E-state index contributed by atoms with van der Waals surface area (Å²) in [7, 11) is 0. The van der Waals surface area contributed by atoms with Crippen LogP contribution in [0.4, 0.5) is 18.0 Å². The Kier molecular flexibility index (Phi) is 7.27. The predicted octanol–water partition coefficient (Wildman–Crippen LogP) is 2.56. The molecule has 1 aromatic carbocycles. The zero-order valence-electron chi connectivity index (χ0n) is 16.0. The number of ether oxygens (including phenoxy) is 1. The molecule has 158 valence electrons. The molecule has 0 saturated carbocycles. The molecule has 0 radical (unpaired) electrons. The molecule has 2 amide bonds. The van der Waals surface area contributed by atoms with E-state index in [1.807, 2.05) is 5.92 Å². The third-order valence-electron chi connectivity index (χ3n) is 3.56. The molecule has 7 nitrogen and oxygen atoms in total. The largest absolute Gasteiger partial charge is 0.478 e. The van der Waals surface area contributed by atoms with Gasteiger partial charge in [0.25, 0.3) is 0 Å². The molecule has 0 heterocycles. The van der Waals surface area contributed by atoms with Crippen LogP contribution in [0.3, 0.4) is 0 Å². The Morgan fingerprint density at radius 2 is 1.72 bits per heavy atom. The van der Waals surface area contributed by atoms with Gasteiger partial charge in [0.1, 0.15) is 5.60 Å². The van der Waals surface area contributed by atoms with Gasteiger partial charge in [-0.3, -0.25) is 9.69 Å². The number of amides is 2. The molecule has 0 fully saturated rings. The number of terminal acetylenes is 1. The third-order valence-corrected chi connectivity index (χ3v) is 3.56. The zero-order chi connectivity index (χ0) is 22.5. The highest BCUT2D eigenvalue weighted by Crippen LogP contribution is 2.25. The fourth-order valence-corrected chi connectivity index (χ4v) is 2.37. The average Bonchev–Trinajstić information content (AvgIpc) is 2.57. The molecule has 0 aliphatic heterocycles. The highest BCUT2D eigenvalue weighted by molar-refractivity contribution is 5.92. The lowest BCUT2D eigenvalue weighted by Crippen LogP contribution is -2.70. The van der Waals surface area contributed by atoms with Gasteiger partial charge in [-0.1, -0.05) is 36.3 Å². The molecule has 1 atom stereocenters. The molecule has 29 heavy (non-hydrogen) atoms. The molecule has 10 heteroatoms. The second-order valence-electron chi connectivity index (χ2n) is 7.05. The Hall–Kier alpha value is -3.22. The van der Waals surface area contributed by atoms with Crippen LogP contribution in [0.25, 0.3) is 0 Å². The van der Waals surface area contributed by atoms with Crippen molar-refractivity contribution in [2.75, 3.05) is 6.54 Å². The lowest BCUT2D eigenvalue weighted by atomic mass is 9.97. The Labute approximate surface area is 165 Å². The topological polar surface area (TPSA) is 95.9 Å². The molecule has 0 unspecified atom stereocenters. The highest BCUT2D eigenvalue weighted by Gasteiger charge is 2.53. The third kappa shape index (κ3) is 6.41. The Morgan fingerprint density at radius 1 is 1.17 bits per heavy atom. The van der Waals surface area contributed by atoms with E-state index in [1.165, 1.54) is 50.4 Å². The van der Waals surface area contributed by atoms with Gasteiger partial charge < -0.3 is 15.2 Å². The maximum Gasteiger partial charge on any atom is 0.471 e. The van der Waals surface area contributed by atoms with Crippen LogP contribution in [-0.4, -0.2) is 52.0 Å². The van der Waals surface area contributed by atoms with Crippen molar-refractivity contribution < 1.29 is 37.4 Å². The molecule has 0 spiro atoms. The number of carbonyl (C=O) groups excluding carboxylic acids is 2. The van der Waals surface area contributed by atoms with Gasteiger partial charge in [-0.05, 0) is 26.3 Å². The van der Waals surface area contributed by atoms with Gasteiger partial charge in [0.2, 0.25) is 5.66 Å². The minimum atomic E-state index is -5.40. The maximum absolute atomic E-state index is 12.9. The van der Waals surface area contributed by atoms with Crippen LogP contribution in [0, 0.1) is 12.3 Å². The molecule has 2 N–H and O–H groups in total. The number of carbonyl (C=O) groups is 3. The first-order valence-corrected chi connectivity index (χ1v) is 8.33. The first kappa shape index (κ1) is 23.8. The SMILES string of the molecule is C#CCN(C(=O)OC(C)(C)C)[C@](Cc1ccccc1)(NC(=O)C(F)(F)F)C(=O)O. The normalized spacial score (nSPS) is 13.6. The van der Waals surface area contributed by atoms with Gasteiger partial charge in [-0.15, -0.1) is 6.42 Å². The number of carboxylic acid groups (broad SMARTS) is 1. The second kappa shape index (κ2) is 8.86. The molecular formula is C19H21F3N2O5. The molecule has 0 aliphatic carbocycles. The Morgan fingerprint density at radius 3 is 2.14 bits per heavy atom. The number of halogens is 3. The van der Waals surface area contributed by atoms with E-state index in [-0.39, 0.29) is 5.56 Å².